The zero-order valence-electron chi connectivity index (χ0n) is 2.66. The first-order chi connectivity index (χ1) is 0. The third-order valence-electron chi connectivity index (χ3n) is 0. The van der Waals surface area contributed by atoms with Gasteiger partial charge in [0, 0.05) is 55.9 Å². The van der Waals surface area contributed by atoms with Crippen LogP contribution in [-0.2, 0) is 55.9 Å². The van der Waals surface area contributed by atoms with Gasteiger partial charge in [-0.2, -0.15) is 0 Å². The minimum Gasteiger partial charge on any atom is -0.412 e. The van der Waals surface area contributed by atoms with E-state index >= 15 is 0 Å². The molecule has 0 aliphatic heterocycles. The van der Waals surface area contributed by atoms with E-state index in [9.17, 15) is 0 Å². The van der Waals surface area contributed by atoms with Crippen molar-refractivity contribution in [3.8, 4) is 0 Å². The molecule has 0 spiro atoms. The van der Waals surface area contributed by atoms with E-state index in [1.54, 1.807) is 0 Å². The Balaban J connectivity index is 0. The van der Waals surface area contributed by atoms with Crippen molar-refractivity contribution in [2.24, 2.45) is 0 Å². The van der Waals surface area contributed by atoms with Crippen LogP contribution in [0.3, 0.4) is 0 Å². The van der Waals surface area contributed by atoms with Gasteiger partial charge in [0.05, 0.1) is 0 Å². The second kappa shape index (κ2) is 78.9. The number of rotatable bonds is 0. The number of hydrogen-bond donors (Lipinski definition) is 0. The van der Waals surface area contributed by atoms with Crippen molar-refractivity contribution >= 4 is 0 Å². The molecule has 6 N–H and O–H groups in total. The predicted molar refractivity (Wildman–Crippen MR) is 10.8 cm³/mol. The van der Waals surface area contributed by atoms with Gasteiger partial charge in [0.25, 0.3) is 0 Å². The molecule has 3 nitrogen and oxygen atoms in total. The van der Waals surface area contributed by atoms with Gasteiger partial charge in [-0.1, -0.05) is 0 Å². The number of hydrogen-bond acceptors (Lipinski definition) is 0. The summed E-state index contributed by atoms with van der Waals surface area (Å²) in [5, 5.41) is 0. The monoisotopic (exact) mass is 221 g/mol. The van der Waals surface area contributed by atoms with Gasteiger partial charge in [0.1, 0.15) is 0 Å². The van der Waals surface area contributed by atoms with Gasteiger partial charge >= 0.3 is 0 Å². The van der Waals surface area contributed by atoms with Gasteiger partial charge in [-0.05, 0) is 0 Å². The van der Waals surface area contributed by atoms with Crippen molar-refractivity contribution in [2.75, 3.05) is 0 Å². The van der Waals surface area contributed by atoms with E-state index in [0.717, 1.165) is 0 Å². The molecule has 6 heteroatoms. The van der Waals surface area contributed by atoms with Crippen molar-refractivity contribution in [1.29, 1.82) is 0 Å². The summed E-state index contributed by atoms with van der Waals surface area (Å²) in [6, 6.07) is 0. The molecule has 0 aromatic carbocycles. The van der Waals surface area contributed by atoms with Crippen LogP contribution in [0.15, 0.2) is 0 Å². The summed E-state index contributed by atoms with van der Waals surface area (Å²) in [5.74, 6) is 0. The molecule has 0 fully saturated rings. The van der Waals surface area contributed by atoms with Crippen LogP contribution < -0.4 is 0 Å². The molecule has 0 bridgehead atoms. The van der Waals surface area contributed by atoms with Gasteiger partial charge < -0.3 is 16.4 Å². The van der Waals surface area contributed by atoms with E-state index in [1.807, 2.05) is 0 Å². The van der Waals surface area contributed by atoms with Crippen molar-refractivity contribution in [1.82, 2.24) is 0 Å². The maximum Gasteiger partial charge on any atom is 0 e. The van der Waals surface area contributed by atoms with Gasteiger partial charge in [-0.15, -0.1) is 0 Å². The first kappa shape index (κ1) is 126. The summed E-state index contributed by atoms with van der Waals surface area (Å²) in [6.45, 7) is 0. The molecule has 0 saturated heterocycles. The summed E-state index contributed by atoms with van der Waals surface area (Å²) in [7, 11) is 0. The van der Waals surface area contributed by atoms with Crippen LogP contribution in [0.25, 0.3) is 0 Å². The molecule has 0 aromatic heterocycles. The Labute approximate surface area is 72.0 Å². The van der Waals surface area contributed by atoms with E-state index in [4.69, 9.17) is 0 Å². The van der Waals surface area contributed by atoms with Crippen LogP contribution in [-0.4, -0.2) is 16.4 Å². The first-order valence-electron chi connectivity index (χ1n) is 0. The predicted octanol–water partition coefficient (Wildman–Crippen LogP) is -2.48. The standard InChI is InChI=1S/Cu.Fe.3H2O.Ti/h;;3*1H2;. The second-order valence-electron chi connectivity index (χ2n) is 0. The van der Waals surface area contributed by atoms with Crippen molar-refractivity contribution in [3.63, 3.8) is 0 Å². The van der Waals surface area contributed by atoms with Crippen LogP contribution in [0.2, 0.25) is 0 Å². The Hall–Kier alpha value is 1.63. The summed E-state index contributed by atoms with van der Waals surface area (Å²) in [4.78, 5) is 0. The SMILES string of the molecule is O.O.O.[Cu].[Fe].[Ti]. The molecule has 47 valence electrons. The molecule has 0 aliphatic carbocycles. The van der Waals surface area contributed by atoms with Gasteiger partial charge in [0.2, 0.25) is 0 Å². The third-order valence-corrected chi connectivity index (χ3v) is 0. The Kier molecular flexibility index (Phi) is 1660. The molecule has 0 rings (SSSR count). The van der Waals surface area contributed by atoms with Crippen molar-refractivity contribution in [2.45, 2.75) is 0 Å². The molecule has 0 atom stereocenters. The molecule has 0 heterocycles. The fourth-order valence-electron chi connectivity index (χ4n) is 0. The van der Waals surface area contributed by atoms with Crippen LogP contribution in [0, 0.1) is 0 Å². The van der Waals surface area contributed by atoms with Crippen molar-refractivity contribution < 1.29 is 72.3 Å². The van der Waals surface area contributed by atoms with Crippen LogP contribution in [0.1, 0.15) is 0 Å². The first-order valence-corrected chi connectivity index (χ1v) is 0. The van der Waals surface area contributed by atoms with E-state index in [-0.39, 0.29) is 72.3 Å². The topological polar surface area (TPSA) is 94.5 Å². The fourth-order valence-corrected chi connectivity index (χ4v) is 0. The average Bonchev–Trinajstić information content (AvgIpc) is 0. The Bertz CT molecular complexity index is 10.8. The summed E-state index contributed by atoms with van der Waals surface area (Å²) >= 11 is 0. The summed E-state index contributed by atoms with van der Waals surface area (Å²) in [5.41, 5.74) is 0. The Morgan fingerprint density at radius 1 is 0.667 bits per heavy atom. The quantitative estimate of drug-likeness (QED) is 0.405. The average molecular weight is 221 g/mol. The molecular formula is H6CuFeO3Ti. The van der Waals surface area contributed by atoms with Crippen LogP contribution in [0.5, 0.6) is 0 Å². The maximum absolute atomic E-state index is 0. The molecule has 0 aromatic rings. The zero-order chi connectivity index (χ0) is 0. The molecule has 1 radical (unpaired) electrons. The van der Waals surface area contributed by atoms with E-state index in [2.05, 4.69) is 0 Å². The zero-order valence-corrected chi connectivity index (χ0v) is 6.26. The molecular weight excluding hydrogens is 215 g/mol. The molecule has 0 unspecified atom stereocenters. The largest absolute Gasteiger partial charge is 0.412 e. The molecule has 6 heavy (non-hydrogen) atoms. The normalized spacial score (nSPS) is 0. The van der Waals surface area contributed by atoms with Gasteiger partial charge in [-0.3, -0.25) is 0 Å². The summed E-state index contributed by atoms with van der Waals surface area (Å²) < 4.78 is 0. The van der Waals surface area contributed by atoms with Crippen LogP contribution in [0.4, 0.5) is 0 Å². The van der Waals surface area contributed by atoms with Crippen LogP contribution >= 0.6 is 0 Å². The Morgan fingerprint density at radius 2 is 0.667 bits per heavy atom. The second-order valence-corrected chi connectivity index (χ2v) is 0. The van der Waals surface area contributed by atoms with Crippen molar-refractivity contribution in [3.05, 3.63) is 0 Å². The molecule has 0 saturated carbocycles. The van der Waals surface area contributed by atoms with E-state index < -0.39 is 0 Å². The van der Waals surface area contributed by atoms with Gasteiger partial charge in [-0.25, -0.2) is 0 Å². The molecule has 0 amide bonds. The Morgan fingerprint density at radius 3 is 0.667 bits per heavy atom. The fraction of sp³-hybridized carbons (Fsp3) is 0. The minimum atomic E-state index is 0. The maximum atomic E-state index is 0. The van der Waals surface area contributed by atoms with Gasteiger partial charge in [0.15, 0.2) is 0 Å². The van der Waals surface area contributed by atoms with E-state index in [1.165, 1.54) is 0 Å². The molecule has 0 aliphatic rings. The third kappa shape index (κ3) is 45.3. The minimum absolute atomic E-state index is 0. The summed E-state index contributed by atoms with van der Waals surface area (Å²) in [6.07, 6.45) is 0. The van der Waals surface area contributed by atoms with E-state index in [0.29, 0.717) is 0 Å². The smallest absolute Gasteiger partial charge is 0 e.